The first-order chi connectivity index (χ1) is 14.0. The van der Waals surface area contributed by atoms with Gasteiger partial charge in [-0.25, -0.2) is 9.59 Å². The van der Waals surface area contributed by atoms with E-state index in [0.717, 1.165) is 19.3 Å². The third-order valence-electron chi connectivity index (χ3n) is 3.91. The third-order valence-corrected chi connectivity index (χ3v) is 3.91. The lowest BCUT2D eigenvalue weighted by Gasteiger charge is -2.03. The van der Waals surface area contributed by atoms with Gasteiger partial charge in [0.1, 0.15) is 34.8 Å². The number of ether oxygens (including phenoxy) is 2. The molecule has 7 nitrogen and oxygen atoms in total. The maximum atomic E-state index is 12.0. The third kappa shape index (κ3) is 8.94. The molecule has 1 aromatic heterocycles. The van der Waals surface area contributed by atoms with Gasteiger partial charge in [0, 0.05) is 12.2 Å². The zero-order valence-electron chi connectivity index (χ0n) is 16.9. The molecular formula is C22H26N2O5. The summed E-state index contributed by atoms with van der Waals surface area (Å²) >= 11 is 0. The van der Waals surface area contributed by atoms with Crippen molar-refractivity contribution >= 4 is 24.1 Å². The first kappa shape index (κ1) is 23.7. The summed E-state index contributed by atoms with van der Waals surface area (Å²) in [6, 6.07) is 6.57. The Morgan fingerprint density at radius 2 is 1.41 bits per heavy atom. The summed E-state index contributed by atoms with van der Waals surface area (Å²) in [5.74, 6) is -1.01. The van der Waals surface area contributed by atoms with Crippen LogP contribution in [0.3, 0.4) is 0 Å². The monoisotopic (exact) mass is 398 g/mol. The largest absolute Gasteiger partial charge is 0.462 e. The Morgan fingerprint density at radius 1 is 0.897 bits per heavy atom. The lowest BCUT2D eigenvalue weighted by Crippen LogP contribution is -2.07. The molecule has 0 atom stereocenters. The van der Waals surface area contributed by atoms with Crippen molar-refractivity contribution in [2.75, 3.05) is 13.2 Å². The van der Waals surface area contributed by atoms with Gasteiger partial charge in [-0.1, -0.05) is 39.0 Å². The van der Waals surface area contributed by atoms with Gasteiger partial charge in [0.05, 0.1) is 13.2 Å². The van der Waals surface area contributed by atoms with Crippen LogP contribution in [0.2, 0.25) is 0 Å². The highest BCUT2D eigenvalue weighted by atomic mass is 16.5. The van der Waals surface area contributed by atoms with Gasteiger partial charge in [-0.05, 0) is 25.5 Å². The van der Waals surface area contributed by atoms with Crippen molar-refractivity contribution in [2.24, 2.45) is 0 Å². The van der Waals surface area contributed by atoms with Crippen molar-refractivity contribution in [1.29, 1.82) is 10.5 Å². The average Bonchev–Trinajstić information content (AvgIpc) is 3.16. The van der Waals surface area contributed by atoms with Crippen LogP contribution in [0.25, 0.3) is 12.2 Å². The predicted octanol–water partition coefficient (Wildman–Crippen LogP) is 4.56. The topological polar surface area (TPSA) is 113 Å². The molecule has 1 rings (SSSR count). The van der Waals surface area contributed by atoms with Crippen LogP contribution in [0.15, 0.2) is 27.7 Å². The number of hydrogen-bond acceptors (Lipinski definition) is 7. The van der Waals surface area contributed by atoms with Gasteiger partial charge >= 0.3 is 11.9 Å². The van der Waals surface area contributed by atoms with Crippen LogP contribution in [-0.4, -0.2) is 25.2 Å². The summed E-state index contributed by atoms with van der Waals surface area (Å²) in [4.78, 5) is 23.7. The van der Waals surface area contributed by atoms with Crippen molar-refractivity contribution in [3.05, 3.63) is 34.8 Å². The second-order valence-electron chi connectivity index (χ2n) is 6.20. The highest BCUT2D eigenvalue weighted by molar-refractivity contribution is 5.98. The average molecular weight is 398 g/mol. The number of esters is 2. The second-order valence-corrected chi connectivity index (χ2v) is 6.20. The molecule has 0 spiro atoms. The van der Waals surface area contributed by atoms with Gasteiger partial charge in [-0.3, -0.25) is 0 Å². The molecule has 0 amide bonds. The fraction of sp³-hybridized carbons (Fsp3) is 0.455. The zero-order chi connectivity index (χ0) is 21.5. The summed E-state index contributed by atoms with van der Waals surface area (Å²) in [5.41, 5.74) is -0.401. The van der Waals surface area contributed by atoms with E-state index in [0.29, 0.717) is 0 Å². The van der Waals surface area contributed by atoms with E-state index >= 15 is 0 Å². The molecule has 0 aromatic carbocycles. The molecule has 0 aliphatic heterocycles. The normalized spacial score (nSPS) is 11.4. The van der Waals surface area contributed by atoms with Gasteiger partial charge in [-0.15, -0.1) is 0 Å². The van der Waals surface area contributed by atoms with Gasteiger partial charge < -0.3 is 13.9 Å². The lowest BCUT2D eigenvalue weighted by molar-refractivity contribution is -0.139. The minimum atomic E-state index is -0.750. The maximum absolute atomic E-state index is 12.0. The molecule has 0 N–H and O–H groups in total. The summed E-state index contributed by atoms with van der Waals surface area (Å²) in [5, 5.41) is 18.2. The number of hydrogen-bond donors (Lipinski definition) is 0. The first-order valence-electron chi connectivity index (χ1n) is 9.73. The van der Waals surface area contributed by atoms with Crippen LogP contribution < -0.4 is 0 Å². The molecule has 29 heavy (non-hydrogen) atoms. The summed E-state index contributed by atoms with van der Waals surface area (Å²) in [6.07, 6.45) is 8.89. The Balaban J connectivity index is 2.66. The molecule has 154 valence electrons. The molecule has 0 saturated carbocycles. The molecule has 1 aromatic rings. The van der Waals surface area contributed by atoms with Gasteiger partial charge in [0.15, 0.2) is 0 Å². The van der Waals surface area contributed by atoms with Crippen LogP contribution in [0.1, 0.15) is 63.9 Å². The number of nitriles is 2. The lowest BCUT2D eigenvalue weighted by atomic mass is 10.1. The van der Waals surface area contributed by atoms with Crippen LogP contribution in [-0.2, 0) is 19.1 Å². The van der Waals surface area contributed by atoms with Crippen molar-refractivity contribution in [1.82, 2.24) is 0 Å². The van der Waals surface area contributed by atoms with E-state index in [4.69, 9.17) is 19.2 Å². The number of carbonyl (C=O) groups is 2. The number of rotatable bonds is 12. The van der Waals surface area contributed by atoms with E-state index in [2.05, 4.69) is 6.92 Å². The Hall–Kier alpha value is -3.32. The molecular weight excluding hydrogens is 372 g/mol. The van der Waals surface area contributed by atoms with Crippen molar-refractivity contribution in [3.8, 4) is 12.1 Å². The standard InChI is InChI=1S/C22H26N2O5/c1-3-5-6-7-8-9-12-28-22(26)18(16-24)14-20-11-10-19(29-20)13-17(15-23)21(25)27-4-2/h10-11,13-14H,3-9,12H2,1-2H3/b17-13+,18-14+. The number of nitrogens with zero attached hydrogens (tertiary/aromatic N) is 2. The summed E-state index contributed by atoms with van der Waals surface area (Å²) in [6.45, 7) is 4.20. The number of unbranched alkanes of at least 4 members (excludes halogenated alkanes) is 5. The van der Waals surface area contributed by atoms with E-state index in [1.807, 2.05) is 0 Å². The Kier molecular flexibility index (Phi) is 11.3. The molecule has 7 heteroatoms. The van der Waals surface area contributed by atoms with E-state index in [1.165, 1.54) is 43.5 Å². The minimum absolute atomic E-state index is 0.149. The van der Waals surface area contributed by atoms with Crippen molar-refractivity contribution in [3.63, 3.8) is 0 Å². The fourth-order valence-electron chi connectivity index (χ4n) is 2.42. The first-order valence-corrected chi connectivity index (χ1v) is 9.73. The summed E-state index contributed by atoms with van der Waals surface area (Å²) in [7, 11) is 0. The molecule has 0 aliphatic carbocycles. The molecule has 0 aliphatic rings. The molecule has 0 bridgehead atoms. The van der Waals surface area contributed by atoms with Crippen LogP contribution >= 0.6 is 0 Å². The quantitative estimate of drug-likeness (QED) is 0.219. The summed E-state index contributed by atoms with van der Waals surface area (Å²) < 4.78 is 15.3. The van der Waals surface area contributed by atoms with Gasteiger partial charge in [-0.2, -0.15) is 10.5 Å². The zero-order valence-corrected chi connectivity index (χ0v) is 16.9. The molecule has 0 saturated heterocycles. The van der Waals surface area contributed by atoms with Crippen LogP contribution in [0.5, 0.6) is 0 Å². The number of carbonyl (C=O) groups excluding carboxylic acids is 2. The van der Waals surface area contributed by atoms with Crippen molar-refractivity contribution < 1.29 is 23.5 Å². The Morgan fingerprint density at radius 3 is 1.93 bits per heavy atom. The number of furan rings is 1. The SMILES string of the molecule is CCCCCCCCOC(=O)/C(C#N)=C/c1ccc(/C=C(\C#N)C(=O)OCC)o1. The Bertz CT molecular complexity index is 821. The van der Waals surface area contributed by atoms with E-state index < -0.39 is 11.9 Å². The van der Waals surface area contributed by atoms with Crippen molar-refractivity contribution in [2.45, 2.75) is 52.4 Å². The Labute approximate surface area is 171 Å². The smallest absolute Gasteiger partial charge is 0.349 e. The minimum Gasteiger partial charge on any atom is -0.462 e. The van der Waals surface area contributed by atoms with E-state index in [9.17, 15) is 14.9 Å². The molecule has 1 heterocycles. The molecule has 0 fully saturated rings. The van der Waals surface area contributed by atoms with Gasteiger partial charge in [0.25, 0.3) is 0 Å². The highest BCUT2D eigenvalue weighted by Crippen LogP contribution is 2.16. The van der Waals surface area contributed by atoms with E-state index in [-0.39, 0.29) is 35.9 Å². The maximum Gasteiger partial charge on any atom is 0.349 e. The molecule has 0 radical (unpaired) electrons. The fourth-order valence-corrected chi connectivity index (χ4v) is 2.42. The molecule has 0 unspecified atom stereocenters. The van der Waals surface area contributed by atoms with Crippen LogP contribution in [0.4, 0.5) is 0 Å². The van der Waals surface area contributed by atoms with E-state index in [1.54, 1.807) is 19.1 Å². The second kappa shape index (κ2) is 13.8. The highest BCUT2D eigenvalue weighted by Gasteiger charge is 2.13. The predicted molar refractivity (Wildman–Crippen MR) is 107 cm³/mol. The van der Waals surface area contributed by atoms with Crippen LogP contribution in [0, 0.1) is 22.7 Å². The van der Waals surface area contributed by atoms with Gasteiger partial charge in [0.2, 0.25) is 0 Å².